The number of carbonyl (C=O) groups is 1. The molecule has 1 amide bonds. The number of alkyl halides is 1. The Balaban J connectivity index is 1.34. The minimum atomic E-state index is -0.575. The molecule has 4 heterocycles. The molecule has 2 atom stereocenters. The Bertz CT molecular complexity index is 1200. The molecule has 0 saturated heterocycles. The van der Waals surface area contributed by atoms with E-state index in [1.807, 2.05) is 49.0 Å². The molecule has 2 aliphatic rings. The van der Waals surface area contributed by atoms with Crippen LogP contribution in [-0.2, 0) is 19.6 Å². The number of carbonyl (C=O) groups excluding carboxylic acids is 1. The van der Waals surface area contributed by atoms with E-state index in [1.54, 1.807) is 21.8 Å². The molecule has 0 saturated carbocycles. The van der Waals surface area contributed by atoms with Gasteiger partial charge in [-0.15, -0.1) is 11.6 Å². The average molecular weight is 453 g/mol. The van der Waals surface area contributed by atoms with Gasteiger partial charge in [0.1, 0.15) is 17.2 Å². The Labute approximate surface area is 191 Å². The maximum Gasteiger partial charge on any atom is 0.258 e. The minimum absolute atomic E-state index is 0.0182. The standard InChI is InChI=1S/C23H25ClN6O2/c1-15-23(3,24)16(2)30-21(26-15)18-13-28(14-19(18)27-30)22(31)17-7-4-5-8-20(17)32-12-11-29-10-6-9-25-29/h4-10,16H,11-14H2,1-3H3. The summed E-state index contributed by atoms with van der Waals surface area (Å²) in [7, 11) is 0. The molecule has 2 unspecified atom stereocenters. The van der Waals surface area contributed by atoms with Crippen LogP contribution < -0.4 is 4.74 Å². The van der Waals surface area contributed by atoms with Gasteiger partial charge in [0, 0.05) is 23.7 Å². The molecule has 1 aromatic carbocycles. The summed E-state index contributed by atoms with van der Waals surface area (Å²) >= 11 is 6.70. The first kappa shape index (κ1) is 20.8. The van der Waals surface area contributed by atoms with Crippen molar-refractivity contribution < 1.29 is 9.53 Å². The lowest BCUT2D eigenvalue weighted by molar-refractivity contribution is 0.0744. The number of nitrogens with zero attached hydrogens (tertiary/aromatic N) is 6. The van der Waals surface area contributed by atoms with Crippen LogP contribution in [-0.4, -0.2) is 47.6 Å². The van der Waals surface area contributed by atoms with Crippen LogP contribution in [0.15, 0.2) is 47.7 Å². The van der Waals surface area contributed by atoms with Crippen LogP contribution in [0.2, 0.25) is 0 Å². The molecular formula is C23H25ClN6O2. The smallest absolute Gasteiger partial charge is 0.258 e. The number of rotatable bonds is 5. The summed E-state index contributed by atoms with van der Waals surface area (Å²) in [6, 6.07) is 9.20. The lowest BCUT2D eigenvalue weighted by Crippen LogP contribution is -2.39. The van der Waals surface area contributed by atoms with Gasteiger partial charge in [0.2, 0.25) is 0 Å². The average Bonchev–Trinajstić information content (AvgIpc) is 3.50. The predicted octanol–water partition coefficient (Wildman–Crippen LogP) is 3.98. The van der Waals surface area contributed by atoms with Crippen molar-refractivity contribution in [2.24, 2.45) is 4.99 Å². The third-order valence-corrected chi connectivity index (χ3v) is 7.02. The zero-order chi connectivity index (χ0) is 22.5. The van der Waals surface area contributed by atoms with Gasteiger partial charge in [0.05, 0.1) is 36.9 Å². The van der Waals surface area contributed by atoms with Gasteiger partial charge in [0.25, 0.3) is 5.91 Å². The first-order valence-electron chi connectivity index (χ1n) is 10.7. The zero-order valence-electron chi connectivity index (χ0n) is 18.3. The Morgan fingerprint density at radius 3 is 2.88 bits per heavy atom. The molecule has 9 heteroatoms. The summed E-state index contributed by atoms with van der Waals surface area (Å²) in [5.74, 6) is 1.30. The number of benzene rings is 1. The molecule has 5 rings (SSSR count). The number of fused-ring (bicyclic) bond motifs is 3. The molecule has 2 aliphatic heterocycles. The molecule has 0 bridgehead atoms. The molecule has 0 aliphatic carbocycles. The van der Waals surface area contributed by atoms with Crippen molar-refractivity contribution in [3.63, 3.8) is 0 Å². The van der Waals surface area contributed by atoms with E-state index in [1.165, 1.54) is 0 Å². The summed E-state index contributed by atoms with van der Waals surface area (Å²) in [4.78, 5) is 19.3. The van der Waals surface area contributed by atoms with E-state index in [9.17, 15) is 4.79 Å². The SMILES string of the molecule is CC1=Nc2c3c(nn2C(C)C1(C)Cl)CN(C(=O)c1ccccc1OCCn1cccn1)C3. The van der Waals surface area contributed by atoms with E-state index >= 15 is 0 Å². The van der Waals surface area contributed by atoms with Gasteiger partial charge in [-0.2, -0.15) is 10.2 Å². The molecule has 0 N–H and O–H groups in total. The largest absolute Gasteiger partial charge is 0.491 e. The van der Waals surface area contributed by atoms with Crippen molar-refractivity contribution in [3.8, 4) is 5.75 Å². The Hall–Kier alpha value is -3.13. The van der Waals surface area contributed by atoms with Crippen molar-refractivity contribution >= 4 is 29.0 Å². The van der Waals surface area contributed by atoms with Gasteiger partial charge in [-0.3, -0.25) is 9.48 Å². The maximum atomic E-state index is 13.4. The van der Waals surface area contributed by atoms with Crippen LogP contribution in [0.25, 0.3) is 0 Å². The lowest BCUT2D eigenvalue weighted by Gasteiger charge is -2.34. The third kappa shape index (κ3) is 3.39. The van der Waals surface area contributed by atoms with Crippen LogP contribution in [0.1, 0.15) is 48.4 Å². The normalized spacial score (nSPS) is 21.8. The van der Waals surface area contributed by atoms with Gasteiger partial charge < -0.3 is 9.64 Å². The van der Waals surface area contributed by atoms with Crippen LogP contribution in [0, 0.1) is 0 Å². The second-order valence-electron chi connectivity index (χ2n) is 8.42. The Kier molecular flexibility index (Phi) is 5.04. The van der Waals surface area contributed by atoms with E-state index in [0.29, 0.717) is 37.6 Å². The van der Waals surface area contributed by atoms with E-state index < -0.39 is 4.87 Å². The summed E-state index contributed by atoms with van der Waals surface area (Å²) in [6.07, 6.45) is 3.61. The second kappa shape index (κ2) is 7.78. The summed E-state index contributed by atoms with van der Waals surface area (Å²) in [5, 5.41) is 8.93. The van der Waals surface area contributed by atoms with Crippen molar-refractivity contribution in [2.75, 3.05) is 6.61 Å². The Morgan fingerprint density at radius 2 is 2.09 bits per heavy atom. The first-order valence-corrected chi connectivity index (χ1v) is 11.1. The number of para-hydroxylation sites is 1. The van der Waals surface area contributed by atoms with E-state index in [4.69, 9.17) is 26.4 Å². The number of aromatic nitrogens is 4. The molecular weight excluding hydrogens is 428 g/mol. The van der Waals surface area contributed by atoms with Gasteiger partial charge in [-0.25, -0.2) is 9.67 Å². The predicted molar refractivity (Wildman–Crippen MR) is 122 cm³/mol. The molecule has 0 fully saturated rings. The number of hydrogen-bond acceptors (Lipinski definition) is 5. The van der Waals surface area contributed by atoms with Gasteiger partial charge in [-0.05, 0) is 39.0 Å². The number of ether oxygens (including phenoxy) is 1. The monoisotopic (exact) mass is 452 g/mol. The van der Waals surface area contributed by atoms with Gasteiger partial charge in [-0.1, -0.05) is 12.1 Å². The molecule has 0 radical (unpaired) electrons. The van der Waals surface area contributed by atoms with Gasteiger partial charge in [0.15, 0.2) is 5.82 Å². The zero-order valence-corrected chi connectivity index (χ0v) is 19.1. The third-order valence-electron chi connectivity index (χ3n) is 6.43. The highest BCUT2D eigenvalue weighted by Crippen LogP contribution is 2.43. The number of amides is 1. The highest BCUT2D eigenvalue weighted by atomic mass is 35.5. The lowest BCUT2D eigenvalue weighted by atomic mass is 9.96. The van der Waals surface area contributed by atoms with Crippen LogP contribution in [0.3, 0.4) is 0 Å². The van der Waals surface area contributed by atoms with Crippen molar-refractivity contribution in [3.05, 3.63) is 59.5 Å². The molecule has 0 spiro atoms. The van der Waals surface area contributed by atoms with Gasteiger partial charge >= 0.3 is 0 Å². The second-order valence-corrected chi connectivity index (χ2v) is 9.20. The number of halogens is 1. The topological polar surface area (TPSA) is 77.5 Å². The van der Waals surface area contributed by atoms with Crippen molar-refractivity contribution in [1.29, 1.82) is 0 Å². The summed E-state index contributed by atoms with van der Waals surface area (Å²) in [5.41, 5.74) is 3.28. The highest BCUT2D eigenvalue weighted by molar-refractivity contribution is 6.36. The fraction of sp³-hybridized carbons (Fsp3) is 0.391. The number of aliphatic imine (C=N–C) groups is 1. The maximum absolute atomic E-state index is 13.4. The van der Waals surface area contributed by atoms with E-state index in [0.717, 1.165) is 22.8 Å². The van der Waals surface area contributed by atoms with Crippen molar-refractivity contribution in [1.82, 2.24) is 24.5 Å². The Morgan fingerprint density at radius 1 is 1.28 bits per heavy atom. The molecule has 8 nitrogen and oxygen atoms in total. The molecule has 3 aromatic rings. The summed E-state index contributed by atoms with van der Waals surface area (Å²) < 4.78 is 9.62. The van der Waals surface area contributed by atoms with E-state index in [-0.39, 0.29) is 11.9 Å². The quantitative estimate of drug-likeness (QED) is 0.548. The number of hydrogen-bond donors (Lipinski definition) is 0. The molecule has 2 aromatic heterocycles. The van der Waals surface area contributed by atoms with Crippen LogP contribution >= 0.6 is 11.6 Å². The highest BCUT2D eigenvalue weighted by Gasteiger charge is 2.42. The van der Waals surface area contributed by atoms with Crippen LogP contribution in [0.5, 0.6) is 5.75 Å². The summed E-state index contributed by atoms with van der Waals surface area (Å²) in [6.45, 7) is 7.90. The van der Waals surface area contributed by atoms with E-state index in [2.05, 4.69) is 12.0 Å². The van der Waals surface area contributed by atoms with Crippen molar-refractivity contribution in [2.45, 2.75) is 51.3 Å². The first-order chi connectivity index (χ1) is 15.4. The van der Waals surface area contributed by atoms with Crippen LogP contribution in [0.4, 0.5) is 5.82 Å². The fourth-order valence-electron chi connectivity index (χ4n) is 4.18. The molecule has 32 heavy (non-hydrogen) atoms. The minimum Gasteiger partial charge on any atom is -0.491 e. The fourth-order valence-corrected chi connectivity index (χ4v) is 4.31. The molecule has 166 valence electrons.